The van der Waals surface area contributed by atoms with E-state index >= 15 is 0 Å². The number of ether oxygens (including phenoxy) is 1. The first kappa shape index (κ1) is 12.5. The topological polar surface area (TPSA) is 26.3 Å². The number of halogens is 5. The number of alkyl halides is 2. The third-order valence-corrected chi connectivity index (χ3v) is 2.44. The van der Waals surface area contributed by atoms with Crippen LogP contribution in [0.1, 0.15) is 10.4 Å². The standard InChI is InChI=1S/C8H3Cl3F2O2/c9-4-1-3(7(11)14)2-5(6(4)10)15-8(12)13/h1-2,8H. The van der Waals surface area contributed by atoms with Gasteiger partial charge in [-0.1, -0.05) is 23.2 Å². The van der Waals surface area contributed by atoms with Gasteiger partial charge in [0.25, 0.3) is 5.24 Å². The van der Waals surface area contributed by atoms with Crippen LogP contribution in [0.3, 0.4) is 0 Å². The van der Waals surface area contributed by atoms with Crippen LogP contribution in [0.2, 0.25) is 10.0 Å². The van der Waals surface area contributed by atoms with Crippen molar-refractivity contribution < 1.29 is 18.3 Å². The van der Waals surface area contributed by atoms with Crippen LogP contribution >= 0.6 is 34.8 Å². The van der Waals surface area contributed by atoms with Crippen LogP contribution in [0.15, 0.2) is 12.1 Å². The van der Waals surface area contributed by atoms with Gasteiger partial charge >= 0.3 is 6.61 Å². The van der Waals surface area contributed by atoms with Gasteiger partial charge in [0.1, 0.15) is 10.8 Å². The zero-order valence-corrected chi connectivity index (χ0v) is 9.21. The molecule has 0 aliphatic rings. The molecule has 0 unspecified atom stereocenters. The molecule has 0 N–H and O–H groups in total. The Hall–Kier alpha value is -0.580. The largest absolute Gasteiger partial charge is 0.433 e. The van der Waals surface area contributed by atoms with E-state index in [1.807, 2.05) is 0 Å². The number of carbonyl (C=O) groups is 1. The first-order valence-electron chi connectivity index (χ1n) is 3.55. The molecule has 0 saturated heterocycles. The summed E-state index contributed by atoms with van der Waals surface area (Å²) < 4.78 is 27.9. The lowest BCUT2D eigenvalue weighted by atomic mass is 10.2. The minimum atomic E-state index is -3.06. The van der Waals surface area contributed by atoms with E-state index in [0.29, 0.717) is 0 Å². The molecule has 82 valence electrons. The van der Waals surface area contributed by atoms with E-state index in [0.717, 1.165) is 12.1 Å². The summed E-state index contributed by atoms with van der Waals surface area (Å²) in [5.41, 5.74) is -0.0679. The molecule has 0 atom stereocenters. The molecule has 2 nitrogen and oxygen atoms in total. The predicted molar refractivity (Wildman–Crippen MR) is 53.3 cm³/mol. The van der Waals surface area contributed by atoms with Crippen LogP contribution < -0.4 is 4.74 Å². The second-order valence-electron chi connectivity index (χ2n) is 2.42. The maximum atomic E-state index is 11.9. The van der Waals surface area contributed by atoms with Crippen molar-refractivity contribution in [3.63, 3.8) is 0 Å². The molecule has 0 aromatic heterocycles. The molecule has 0 amide bonds. The summed E-state index contributed by atoms with van der Waals surface area (Å²) in [7, 11) is 0. The van der Waals surface area contributed by atoms with Gasteiger partial charge in [0.05, 0.1) is 5.02 Å². The Kier molecular flexibility index (Phi) is 4.13. The summed E-state index contributed by atoms with van der Waals surface area (Å²) in [5.74, 6) is -0.386. The van der Waals surface area contributed by atoms with Crippen LogP contribution in [0, 0.1) is 0 Å². The fourth-order valence-electron chi connectivity index (χ4n) is 0.859. The first-order chi connectivity index (χ1) is 6.91. The van der Waals surface area contributed by atoms with Crippen molar-refractivity contribution >= 4 is 40.0 Å². The lowest BCUT2D eigenvalue weighted by Gasteiger charge is -2.08. The van der Waals surface area contributed by atoms with Gasteiger partial charge in [-0.3, -0.25) is 4.79 Å². The van der Waals surface area contributed by atoms with Crippen LogP contribution in [0.25, 0.3) is 0 Å². The van der Waals surface area contributed by atoms with Crippen LogP contribution in [0.5, 0.6) is 5.75 Å². The minimum absolute atomic E-state index is 0.0679. The van der Waals surface area contributed by atoms with Gasteiger partial charge in [-0.25, -0.2) is 0 Å². The SMILES string of the molecule is O=C(Cl)c1cc(Cl)c(Cl)c(OC(F)F)c1. The molecule has 0 spiro atoms. The monoisotopic (exact) mass is 274 g/mol. The summed E-state index contributed by atoms with van der Waals surface area (Å²) in [6.45, 7) is -3.06. The Balaban J connectivity index is 3.19. The molecule has 0 aliphatic heterocycles. The molecule has 0 heterocycles. The highest BCUT2D eigenvalue weighted by molar-refractivity contribution is 6.68. The lowest BCUT2D eigenvalue weighted by Crippen LogP contribution is -2.03. The minimum Gasteiger partial charge on any atom is -0.433 e. The highest BCUT2D eigenvalue weighted by atomic mass is 35.5. The van der Waals surface area contributed by atoms with Gasteiger partial charge in [-0.2, -0.15) is 8.78 Å². The normalized spacial score (nSPS) is 10.5. The molecule has 0 bridgehead atoms. The zero-order chi connectivity index (χ0) is 11.6. The van der Waals surface area contributed by atoms with Crippen molar-refractivity contribution in [1.29, 1.82) is 0 Å². The maximum Gasteiger partial charge on any atom is 0.387 e. The average molecular weight is 275 g/mol. The van der Waals surface area contributed by atoms with Gasteiger partial charge in [-0.05, 0) is 23.7 Å². The number of hydrogen-bond acceptors (Lipinski definition) is 2. The van der Waals surface area contributed by atoms with Gasteiger partial charge in [-0.15, -0.1) is 0 Å². The molecule has 0 aliphatic carbocycles. The Morgan fingerprint density at radius 3 is 2.40 bits per heavy atom. The summed E-state index contributed by atoms with van der Waals surface area (Å²) in [6, 6.07) is 2.16. The highest BCUT2D eigenvalue weighted by Crippen LogP contribution is 2.34. The smallest absolute Gasteiger partial charge is 0.387 e. The van der Waals surface area contributed by atoms with Crippen molar-refractivity contribution in [3.8, 4) is 5.75 Å². The predicted octanol–water partition coefficient (Wildman–Crippen LogP) is 3.97. The van der Waals surface area contributed by atoms with Crippen molar-refractivity contribution in [2.24, 2.45) is 0 Å². The Morgan fingerprint density at radius 1 is 1.33 bits per heavy atom. The van der Waals surface area contributed by atoms with Crippen molar-refractivity contribution in [2.45, 2.75) is 6.61 Å². The molecule has 0 fully saturated rings. The summed E-state index contributed by atoms with van der Waals surface area (Å²) in [4.78, 5) is 10.8. The summed E-state index contributed by atoms with van der Waals surface area (Å²) >= 11 is 16.3. The third kappa shape index (κ3) is 3.19. The Labute approximate surface area is 98.7 Å². The fourth-order valence-corrected chi connectivity index (χ4v) is 1.33. The maximum absolute atomic E-state index is 11.9. The summed E-state index contributed by atoms with van der Waals surface area (Å²) in [6.07, 6.45) is 0. The number of carbonyl (C=O) groups excluding carboxylic acids is 1. The Morgan fingerprint density at radius 2 is 1.93 bits per heavy atom. The van der Waals surface area contributed by atoms with Crippen molar-refractivity contribution in [3.05, 3.63) is 27.7 Å². The third-order valence-electron chi connectivity index (χ3n) is 1.44. The van der Waals surface area contributed by atoms with Gasteiger partial charge < -0.3 is 4.74 Å². The molecular weight excluding hydrogens is 272 g/mol. The lowest BCUT2D eigenvalue weighted by molar-refractivity contribution is -0.0498. The van der Waals surface area contributed by atoms with Crippen LogP contribution in [-0.4, -0.2) is 11.9 Å². The van der Waals surface area contributed by atoms with Crippen LogP contribution in [-0.2, 0) is 0 Å². The van der Waals surface area contributed by atoms with Gasteiger partial charge in [0.2, 0.25) is 0 Å². The van der Waals surface area contributed by atoms with E-state index in [9.17, 15) is 13.6 Å². The molecule has 0 saturated carbocycles. The van der Waals surface area contributed by atoms with E-state index in [4.69, 9.17) is 34.8 Å². The first-order valence-corrected chi connectivity index (χ1v) is 4.69. The fraction of sp³-hybridized carbons (Fsp3) is 0.125. The molecule has 7 heteroatoms. The van der Waals surface area contributed by atoms with E-state index in [-0.39, 0.29) is 21.4 Å². The molecule has 15 heavy (non-hydrogen) atoms. The van der Waals surface area contributed by atoms with Gasteiger partial charge in [0, 0.05) is 5.56 Å². The molecular formula is C8H3Cl3F2O2. The average Bonchev–Trinajstić information content (AvgIpc) is 2.11. The number of benzene rings is 1. The van der Waals surface area contributed by atoms with Crippen molar-refractivity contribution in [2.75, 3.05) is 0 Å². The molecule has 0 radical (unpaired) electrons. The van der Waals surface area contributed by atoms with E-state index in [1.165, 1.54) is 0 Å². The molecule has 1 aromatic rings. The quantitative estimate of drug-likeness (QED) is 0.780. The second kappa shape index (κ2) is 4.96. The number of rotatable bonds is 3. The van der Waals surface area contributed by atoms with E-state index in [1.54, 1.807) is 0 Å². The van der Waals surface area contributed by atoms with Gasteiger partial charge in [0.15, 0.2) is 0 Å². The molecule has 1 aromatic carbocycles. The van der Waals surface area contributed by atoms with E-state index in [2.05, 4.69) is 4.74 Å². The van der Waals surface area contributed by atoms with Crippen molar-refractivity contribution in [1.82, 2.24) is 0 Å². The van der Waals surface area contributed by atoms with E-state index < -0.39 is 11.9 Å². The molecule has 1 rings (SSSR count). The summed E-state index contributed by atoms with van der Waals surface area (Å²) in [5, 5.41) is -1.12. The zero-order valence-electron chi connectivity index (χ0n) is 6.94. The Bertz CT molecular complexity index is 396. The number of hydrogen-bond donors (Lipinski definition) is 0. The second-order valence-corrected chi connectivity index (χ2v) is 3.55. The van der Waals surface area contributed by atoms with Crippen LogP contribution in [0.4, 0.5) is 8.78 Å². The highest BCUT2D eigenvalue weighted by Gasteiger charge is 2.15.